The standard InChI is InChI=1S/C13H13N3/c1-2-12-8-15-13(16-12)10-5-9-3-4-14-7-11(9)6-10/h3-4,6-7H,2,5,8H2,1H3. The molecule has 0 atom stereocenters. The van der Waals surface area contributed by atoms with Crippen molar-refractivity contribution in [2.75, 3.05) is 6.54 Å². The smallest absolute Gasteiger partial charge is 0.151 e. The van der Waals surface area contributed by atoms with Gasteiger partial charge in [0.1, 0.15) is 0 Å². The predicted molar refractivity (Wildman–Crippen MR) is 65.9 cm³/mol. The molecule has 3 nitrogen and oxygen atoms in total. The molecule has 0 bridgehead atoms. The van der Waals surface area contributed by atoms with E-state index < -0.39 is 0 Å². The second-order valence-corrected chi connectivity index (χ2v) is 4.09. The topological polar surface area (TPSA) is 37.6 Å². The molecule has 0 saturated heterocycles. The maximum absolute atomic E-state index is 4.55. The summed E-state index contributed by atoms with van der Waals surface area (Å²) in [5.74, 6) is 0.924. The monoisotopic (exact) mass is 211 g/mol. The number of aromatic nitrogens is 1. The highest BCUT2D eigenvalue weighted by molar-refractivity contribution is 6.14. The molecule has 3 heteroatoms. The van der Waals surface area contributed by atoms with Gasteiger partial charge in [-0.05, 0) is 29.7 Å². The van der Waals surface area contributed by atoms with Gasteiger partial charge in [-0.25, -0.2) is 4.99 Å². The first-order valence-corrected chi connectivity index (χ1v) is 5.61. The van der Waals surface area contributed by atoms with E-state index in [0.29, 0.717) is 0 Å². The summed E-state index contributed by atoms with van der Waals surface area (Å²) < 4.78 is 0. The number of amidine groups is 1. The number of nitrogens with zero attached hydrogens (tertiary/aromatic N) is 3. The number of aliphatic imine (C=N–C) groups is 2. The summed E-state index contributed by atoms with van der Waals surface area (Å²) in [5.41, 5.74) is 4.95. The lowest BCUT2D eigenvalue weighted by Gasteiger charge is -1.97. The fraction of sp³-hybridized carbons (Fsp3) is 0.308. The summed E-state index contributed by atoms with van der Waals surface area (Å²) in [6.07, 6.45) is 7.84. The molecule has 0 radical (unpaired) electrons. The number of hydrogen-bond acceptors (Lipinski definition) is 3. The Morgan fingerprint density at radius 1 is 1.38 bits per heavy atom. The fourth-order valence-corrected chi connectivity index (χ4v) is 2.06. The molecule has 1 aliphatic carbocycles. The Kier molecular flexibility index (Phi) is 2.17. The van der Waals surface area contributed by atoms with E-state index in [0.717, 1.165) is 25.2 Å². The molecular formula is C13H13N3. The van der Waals surface area contributed by atoms with E-state index in [9.17, 15) is 0 Å². The van der Waals surface area contributed by atoms with Crippen LogP contribution in [0.15, 0.2) is 34.0 Å². The van der Waals surface area contributed by atoms with Gasteiger partial charge in [0.25, 0.3) is 0 Å². The maximum atomic E-state index is 4.55. The fourth-order valence-electron chi connectivity index (χ4n) is 2.06. The van der Waals surface area contributed by atoms with Crippen molar-refractivity contribution in [2.45, 2.75) is 19.8 Å². The minimum Gasteiger partial charge on any atom is -0.264 e. The molecule has 0 spiro atoms. The Labute approximate surface area is 94.7 Å². The minimum absolute atomic E-state index is 0.776. The van der Waals surface area contributed by atoms with Gasteiger partial charge in [-0.3, -0.25) is 9.98 Å². The largest absolute Gasteiger partial charge is 0.264 e. The van der Waals surface area contributed by atoms with Gasteiger partial charge in [0.2, 0.25) is 0 Å². The molecule has 0 amide bonds. The van der Waals surface area contributed by atoms with Gasteiger partial charge >= 0.3 is 0 Å². The lowest BCUT2D eigenvalue weighted by molar-refractivity contribution is 1.20. The third-order valence-electron chi connectivity index (χ3n) is 3.03. The Morgan fingerprint density at radius 2 is 2.31 bits per heavy atom. The van der Waals surface area contributed by atoms with Gasteiger partial charge in [-0.15, -0.1) is 0 Å². The summed E-state index contributed by atoms with van der Waals surface area (Å²) in [4.78, 5) is 13.2. The average molecular weight is 211 g/mol. The Balaban J connectivity index is 1.89. The lowest BCUT2D eigenvalue weighted by atomic mass is 10.1. The van der Waals surface area contributed by atoms with E-state index in [-0.39, 0.29) is 0 Å². The third-order valence-corrected chi connectivity index (χ3v) is 3.03. The van der Waals surface area contributed by atoms with Crippen molar-refractivity contribution in [1.29, 1.82) is 0 Å². The van der Waals surface area contributed by atoms with Crippen LogP contribution < -0.4 is 0 Å². The van der Waals surface area contributed by atoms with E-state index in [1.807, 2.05) is 12.4 Å². The van der Waals surface area contributed by atoms with Gasteiger partial charge < -0.3 is 0 Å². The normalized spacial score (nSPS) is 17.9. The molecule has 0 unspecified atom stereocenters. The van der Waals surface area contributed by atoms with Crippen molar-refractivity contribution < 1.29 is 0 Å². The van der Waals surface area contributed by atoms with Crippen molar-refractivity contribution in [3.8, 4) is 0 Å². The quantitative estimate of drug-likeness (QED) is 0.739. The Bertz CT molecular complexity index is 524. The highest BCUT2D eigenvalue weighted by atomic mass is 15.0. The van der Waals surface area contributed by atoms with Crippen molar-refractivity contribution >= 4 is 17.6 Å². The van der Waals surface area contributed by atoms with Crippen LogP contribution in [0.4, 0.5) is 0 Å². The zero-order chi connectivity index (χ0) is 11.0. The first kappa shape index (κ1) is 9.46. The number of fused-ring (bicyclic) bond motifs is 1. The van der Waals surface area contributed by atoms with Crippen molar-refractivity contribution in [3.63, 3.8) is 0 Å². The van der Waals surface area contributed by atoms with Gasteiger partial charge in [0.15, 0.2) is 5.84 Å². The van der Waals surface area contributed by atoms with Crippen LogP contribution in [0.2, 0.25) is 0 Å². The van der Waals surface area contributed by atoms with Crippen LogP contribution in [0.25, 0.3) is 6.08 Å². The number of pyridine rings is 1. The summed E-state index contributed by atoms with van der Waals surface area (Å²) in [7, 11) is 0. The summed E-state index contributed by atoms with van der Waals surface area (Å²) >= 11 is 0. The first-order chi connectivity index (χ1) is 7.86. The van der Waals surface area contributed by atoms with Crippen LogP contribution in [0.1, 0.15) is 24.5 Å². The van der Waals surface area contributed by atoms with Gasteiger partial charge in [0, 0.05) is 30.1 Å². The lowest BCUT2D eigenvalue weighted by Crippen LogP contribution is -1.98. The molecule has 1 aromatic rings. The zero-order valence-corrected chi connectivity index (χ0v) is 9.27. The SMILES string of the molecule is CCC1=NC(C2=Cc3cnccc3C2)=NC1. The summed E-state index contributed by atoms with van der Waals surface area (Å²) in [6, 6.07) is 2.07. The number of hydrogen-bond donors (Lipinski definition) is 0. The molecule has 1 aliphatic heterocycles. The number of rotatable bonds is 2. The Hall–Kier alpha value is -1.77. The highest BCUT2D eigenvalue weighted by Crippen LogP contribution is 2.26. The van der Waals surface area contributed by atoms with Gasteiger partial charge in [-0.2, -0.15) is 0 Å². The van der Waals surface area contributed by atoms with E-state index in [1.165, 1.54) is 22.4 Å². The van der Waals surface area contributed by atoms with Gasteiger partial charge in [0.05, 0.1) is 6.54 Å². The Morgan fingerprint density at radius 3 is 3.06 bits per heavy atom. The first-order valence-electron chi connectivity index (χ1n) is 5.61. The molecule has 0 fully saturated rings. The van der Waals surface area contributed by atoms with Crippen LogP contribution in [0.5, 0.6) is 0 Å². The molecule has 2 heterocycles. The summed E-state index contributed by atoms with van der Waals surface area (Å²) in [6.45, 7) is 2.90. The van der Waals surface area contributed by atoms with Crippen LogP contribution in [0.3, 0.4) is 0 Å². The molecule has 80 valence electrons. The van der Waals surface area contributed by atoms with Crippen LogP contribution in [-0.2, 0) is 6.42 Å². The van der Waals surface area contributed by atoms with Crippen LogP contribution >= 0.6 is 0 Å². The van der Waals surface area contributed by atoms with E-state index in [4.69, 9.17) is 0 Å². The van der Waals surface area contributed by atoms with Gasteiger partial charge in [-0.1, -0.05) is 6.92 Å². The molecule has 2 aliphatic rings. The van der Waals surface area contributed by atoms with E-state index in [1.54, 1.807) is 0 Å². The molecule has 0 N–H and O–H groups in total. The van der Waals surface area contributed by atoms with E-state index in [2.05, 4.69) is 34.0 Å². The van der Waals surface area contributed by atoms with Crippen molar-refractivity contribution in [2.24, 2.45) is 9.98 Å². The second kappa shape index (κ2) is 3.67. The molecule has 1 aromatic heterocycles. The molecular weight excluding hydrogens is 198 g/mol. The van der Waals surface area contributed by atoms with Crippen LogP contribution in [-0.4, -0.2) is 23.1 Å². The third kappa shape index (κ3) is 1.48. The minimum atomic E-state index is 0.776. The van der Waals surface area contributed by atoms with E-state index >= 15 is 0 Å². The molecule has 0 aromatic carbocycles. The maximum Gasteiger partial charge on any atom is 0.151 e. The molecule has 3 rings (SSSR count). The van der Waals surface area contributed by atoms with Crippen molar-refractivity contribution in [3.05, 3.63) is 35.2 Å². The van der Waals surface area contributed by atoms with Crippen molar-refractivity contribution in [1.82, 2.24) is 4.98 Å². The molecule has 0 saturated carbocycles. The molecule has 16 heavy (non-hydrogen) atoms. The zero-order valence-electron chi connectivity index (χ0n) is 9.27. The predicted octanol–water partition coefficient (Wildman–Crippen LogP) is 2.28. The second-order valence-electron chi connectivity index (χ2n) is 4.09. The van der Waals surface area contributed by atoms with Crippen LogP contribution in [0, 0.1) is 0 Å². The summed E-state index contributed by atoms with van der Waals surface area (Å²) in [5, 5.41) is 0. The average Bonchev–Trinajstić information content (AvgIpc) is 2.95. The highest BCUT2D eigenvalue weighted by Gasteiger charge is 2.19.